The second-order valence-electron chi connectivity index (χ2n) is 13.6. The van der Waals surface area contributed by atoms with Gasteiger partial charge in [-0.25, -0.2) is 44.1 Å². The summed E-state index contributed by atoms with van der Waals surface area (Å²) in [6.45, 7) is 21.2. The Morgan fingerprint density at radius 3 is 1.06 bits per heavy atom. The number of carbonyl (C=O) groups is 5. The van der Waals surface area contributed by atoms with Gasteiger partial charge in [-0.2, -0.15) is 0 Å². The number of ether oxygens (including phenoxy) is 5. The van der Waals surface area contributed by atoms with Gasteiger partial charge in [0.05, 0.1) is 6.61 Å². The van der Waals surface area contributed by atoms with E-state index in [9.17, 15) is 24.0 Å². The average Bonchev–Trinajstić information content (AvgIpc) is 3.46. The van der Waals surface area contributed by atoms with Crippen molar-refractivity contribution in [1.82, 2.24) is 30.2 Å². The molecular formula is C52H62N6O10S10. The highest BCUT2D eigenvalue weighted by atomic mass is 33.1. The number of amides is 1. The Labute approximate surface area is 497 Å². The summed E-state index contributed by atoms with van der Waals surface area (Å²) in [6.07, 6.45) is 10.6. The number of carbonyl (C=O) groups excluding carboxylic acids is 5. The van der Waals surface area contributed by atoms with E-state index in [0.29, 0.717) is 56.5 Å². The fourth-order valence-electron chi connectivity index (χ4n) is 3.92. The Balaban J connectivity index is 0.000000488. The number of rotatable bonds is 30. The van der Waals surface area contributed by atoms with Crippen LogP contribution in [0.3, 0.4) is 0 Å². The van der Waals surface area contributed by atoms with Crippen molar-refractivity contribution in [3.8, 4) is 0 Å². The second kappa shape index (κ2) is 50.6. The van der Waals surface area contributed by atoms with E-state index in [1.807, 2.05) is 91.0 Å². The van der Waals surface area contributed by atoms with Crippen LogP contribution in [0.5, 0.6) is 0 Å². The zero-order valence-corrected chi connectivity index (χ0v) is 51.4. The van der Waals surface area contributed by atoms with Crippen LogP contribution in [0.4, 0.5) is 4.79 Å². The Bertz CT molecular complexity index is 2300. The molecule has 5 aromatic rings. The van der Waals surface area contributed by atoms with E-state index in [0.717, 1.165) is 54.2 Å². The first-order chi connectivity index (χ1) is 37.9. The van der Waals surface area contributed by atoms with E-state index in [1.54, 1.807) is 160 Å². The lowest BCUT2D eigenvalue weighted by Crippen LogP contribution is -2.22. The van der Waals surface area contributed by atoms with Gasteiger partial charge < -0.3 is 29.0 Å². The van der Waals surface area contributed by atoms with Crippen LogP contribution in [0.2, 0.25) is 0 Å². The van der Waals surface area contributed by atoms with E-state index in [2.05, 4.69) is 61.3 Å². The molecule has 0 saturated heterocycles. The molecule has 1 N–H and O–H groups in total. The third kappa shape index (κ3) is 43.3. The van der Waals surface area contributed by atoms with Gasteiger partial charge in [0.25, 0.3) is 0 Å². The van der Waals surface area contributed by atoms with Crippen molar-refractivity contribution in [3.63, 3.8) is 0 Å². The predicted octanol–water partition coefficient (Wildman–Crippen LogP) is 13.6. The zero-order chi connectivity index (χ0) is 57.1. The fourth-order valence-corrected chi connectivity index (χ4v) is 12.5. The summed E-state index contributed by atoms with van der Waals surface area (Å²) in [4.78, 5) is 75.1. The van der Waals surface area contributed by atoms with Crippen molar-refractivity contribution in [1.29, 1.82) is 0 Å². The molecule has 0 bridgehead atoms. The van der Waals surface area contributed by atoms with Crippen LogP contribution in [0.25, 0.3) is 0 Å². The molecule has 0 saturated carbocycles. The van der Waals surface area contributed by atoms with Crippen molar-refractivity contribution < 1.29 is 47.7 Å². The van der Waals surface area contributed by atoms with Crippen molar-refractivity contribution in [2.75, 3.05) is 68.3 Å². The van der Waals surface area contributed by atoms with Gasteiger partial charge in [0, 0.05) is 83.5 Å². The van der Waals surface area contributed by atoms with Gasteiger partial charge in [0.1, 0.15) is 51.6 Å². The second-order valence-corrected chi connectivity index (χ2v) is 25.8. The molecule has 5 rings (SSSR count). The number of pyridine rings is 5. The van der Waals surface area contributed by atoms with Crippen LogP contribution < -0.4 is 5.32 Å². The molecule has 26 heteroatoms. The third-order valence-corrected chi connectivity index (χ3v) is 18.5. The van der Waals surface area contributed by atoms with Gasteiger partial charge in [-0.1, -0.05) is 111 Å². The Morgan fingerprint density at radius 2 is 0.782 bits per heavy atom. The van der Waals surface area contributed by atoms with Gasteiger partial charge in [-0.3, -0.25) is 4.79 Å². The normalized spacial score (nSPS) is 9.73. The molecule has 1 amide bonds. The Morgan fingerprint density at radius 1 is 0.462 bits per heavy atom. The van der Waals surface area contributed by atoms with E-state index in [-0.39, 0.29) is 23.8 Å². The van der Waals surface area contributed by atoms with Crippen molar-refractivity contribution in [2.45, 2.75) is 45.9 Å². The minimum Gasteiger partial charge on any atom is -0.462 e. The molecule has 0 spiro atoms. The lowest BCUT2D eigenvalue weighted by Gasteiger charge is -2.03. The number of nitrogens with one attached hydrogen (secondary N) is 1. The molecule has 0 atom stereocenters. The summed E-state index contributed by atoms with van der Waals surface area (Å²) in [7, 11) is 15.9. The van der Waals surface area contributed by atoms with Gasteiger partial charge >= 0.3 is 24.1 Å². The predicted molar refractivity (Wildman–Crippen MR) is 332 cm³/mol. The molecule has 78 heavy (non-hydrogen) atoms. The minimum atomic E-state index is -0.606. The Hall–Kier alpha value is -4.64. The summed E-state index contributed by atoms with van der Waals surface area (Å²) in [5.74, 6) is 2.60. The number of hydrogen-bond donors (Lipinski definition) is 1. The first-order valence-corrected chi connectivity index (χ1v) is 34.6. The monoisotopic (exact) mass is 1250 g/mol. The molecule has 0 aromatic carbocycles. The van der Waals surface area contributed by atoms with Crippen LogP contribution in [0, 0.1) is 0 Å². The molecular weight excluding hydrogens is 1190 g/mol. The van der Waals surface area contributed by atoms with Crippen LogP contribution in [-0.2, 0) is 42.9 Å². The van der Waals surface area contributed by atoms with Gasteiger partial charge in [-0.05, 0) is 141 Å². The number of nitrogens with zero attached hydrogens (tertiary/aromatic N) is 5. The topological polar surface area (TPSA) is 208 Å². The quantitative estimate of drug-likeness (QED) is 0.0149. The molecule has 0 aliphatic carbocycles. The molecule has 5 heterocycles. The highest BCUT2D eigenvalue weighted by Gasteiger charge is 2.05. The van der Waals surface area contributed by atoms with Crippen LogP contribution in [-0.4, -0.2) is 123 Å². The maximum absolute atomic E-state index is 11.0. The average molecular weight is 1250 g/mol. The van der Waals surface area contributed by atoms with E-state index >= 15 is 0 Å². The van der Waals surface area contributed by atoms with Crippen LogP contribution in [0.1, 0.15) is 20.8 Å². The van der Waals surface area contributed by atoms with Crippen LogP contribution in [0.15, 0.2) is 197 Å². The van der Waals surface area contributed by atoms with Crippen molar-refractivity contribution >= 4 is 138 Å². The summed E-state index contributed by atoms with van der Waals surface area (Å²) < 4.78 is 24.1. The van der Waals surface area contributed by atoms with Crippen molar-refractivity contribution in [2.24, 2.45) is 0 Å². The minimum absolute atomic E-state index is 0.126. The molecule has 0 aliphatic heterocycles. The first-order valence-electron chi connectivity index (χ1n) is 23.0. The molecule has 0 unspecified atom stereocenters. The van der Waals surface area contributed by atoms with E-state index in [4.69, 9.17) is 18.9 Å². The SMILES string of the molecule is C=C(C)C(=O)OCCSSc1ccccn1.C=C(C)C(=O)OCCSSc1ccccn1.C=CC(=O)NCCSSc1ccccn1.C=CC(=O)OCCSSc1ccccn1.CCOC(=O)OCCSSc1ccccn1. The summed E-state index contributed by atoms with van der Waals surface area (Å²) in [6, 6.07) is 28.8. The summed E-state index contributed by atoms with van der Waals surface area (Å²) >= 11 is 0. The number of aromatic nitrogens is 5. The number of hydrogen-bond acceptors (Lipinski definition) is 25. The zero-order valence-electron chi connectivity index (χ0n) is 43.2. The van der Waals surface area contributed by atoms with Crippen LogP contribution >= 0.6 is 108 Å². The largest absolute Gasteiger partial charge is 0.508 e. The summed E-state index contributed by atoms with van der Waals surface area (Å²) in [5, 5.41) is 7.51. The van der Waals surface area contributed by atoms with Gasteiger partial charge in [-0.15, -0.1) is 0 Å². The molecule has 0 fully saturated rings. The Kier molecular flexibility index (Phi) is 46.3. The molecule has 0 radical (unpaired) electrons. The smallest absolute Gasteiger partial charge is 0.462 e. The molecule has 420 valence electrons. The van der Waals surface area contributed by atoms with E-state index in [1.165, 1.54) is 6.08 Å². The number of esters is 3. The standard InChI is InChI=1S/2C11H13NO2S2.C10H12N2OS2.C10H13NO3S2.C10H11NO2S2/c2*1-9(2)11(13)14-7-8-15-16-10-5-3-4-6-12-10;1-2-9(13)11-7-8-14-15-10-5-3-4-6-12-10;1-2-13-10(12)14-7-8-15-16-9-5-3-4-6-11-9;1-2-10(12)13-7-8-14-15-9-5-3-4-6-11-9/h2*3-6H,1,7-8H2,2H3;2-6H,1,7-8H2,(H,11,13);3-6H,2,7-8H2,1H3;2-6H,1,7-8H2. The van der Waals surface area contributed by atoms with Gasteiger partial charge in [0.15, 0.2) is 0 Å². The van der Waals surface area contributed by atoms with Crippen molar-refractivity contribution in [3.05, 3.63) is 172 Å². The van der Waals surface area contributed by atoms with E-state index < -0.39 is 6.16 Å². The maximum atomic E-state index is 11.0. The maximum Gasteiger partial charge on any atom is 0.508 e. The summed E-state index contributed by atoms with van der Waals surface area (Å²) in [5.41, 5.74) is 0.866. The van der Waals surface area contributed by atoms with Gasteiger partial charge in [0.2, 0.25) is 5.91 Å². The lowest BCUT2D eigenvalue weighted by molar-refractivity contribution is -0.139. The molecule has 16 nitrogen and oxygen atoms in total. The lowest BCUT2D eigenvalue weighted by atomic mass is 10.4. The molecule has 5 aromatic heterocycles. The fraction of sp³-hybridized carbons (Fsp3) is 0.269. The molecule has 0 aliphatic rings. The first kappa shape index (κ1) is 71.4. The highest BCUT2D eigenvalue weighted by Crippen LogP contribution is 2.31. The third-order valence-electron chi connectivity index (χ3n) is 7.30. The highest BCUT2D eigenvalue weighted by molar-refractivity contribution is 8.77.